The van der Waals surface area contributed by atoms with Gasteiger partial charge >= 0.3 is 0 Å². The third-order valence-electron chi connectivity index (χ3n) is 3.36. The van der Waals surface area contributed by atoms with E-state index in [1.807, 2.05) is 0 Å². The smallest absolute Gasteiger partial charge is 0.0541 e. The molecule has 0 spiro atoms. The standard InChI is InChI=1S/C15H32O3/c1-14(17)11-12-15(18)10-8-6-4-2-3-5-7-9-13-16/h14-18H,2-13H2,1H3. The lowest BCUT2D eigenvalue weighted by Gasteiger charge is -2.11. The summed E-state index contributed by atoms with van der Waals surface area (Å²) in [5.74, 6) is 0. The van der Waals surface area contributed by atoms with Gasteiger partial charge in [0.1, 0.15) is 0 Å². The Labute approximate surface area is 112 Å². The molecule has 0 aromatic rings. The van der Waals surface area contributed by atoms with Gasteiger partial charge in [0.05, 0.1) is 12.2 Å². The van der Waals surface area contributed by atoms with E-state index in [9.17, 15) is 5.11 Å². The molecule has 0 saturated heterocycles. The van der Waals surface area contributed by atoms with E-state index in [0.717, 1.165) is 32.1 Å². The van der Waals surface area contributed by atoms with Crippen LogP contribution < -0.4 is 0 Å². The van der Waals surface area contributed by atoms with Crippen molar-refractivity contribution >= 4 is 0 Å². The normalized spacial score (nSPS) is 14.7. The quantitative estimate of drug-likeness (QED) is 0.446. The Morgan fingerprint density at radius 3 is 1.67 bits per heavy atom. The van der Waals surface area contributed by atoms with Gasteiger partial charge in [0.25, 0.3) is 0 Å². The van der Waals surface area contributed by atoms with Gasteiger partial charge in [0, 0.05) is 6.61 Å². The molecule has 0 aliphatic carbocycles. The zero-order valence-corrected chi connectivity index (χ0v) is 12.0. The minimum absolute atomic E-state index is 0.232. The third kappa shape index (κ3) is 13.9. The third-order valence-corrected chi connectivity index (χ3v) is 3.36. The molecule has 0 amide bonds. The highest BCUT2D eigenvalue weighted by atomic mass is 16.3. The van der Waals surface area contributed by atoms with Crippen molar-refractivity contribution in [2.75, 3.05) is 6.61 Å². The summed E-state index contributed by atoms with van der Waals surface area (Å²) in [5.41, 5.74) is 0. The Morgan fingerprint density at radius 1 is 0.667 bits per heavy atom. The Kier molecular flexibility index (Phi) is 13.2. The lowest BCUT2D eigenvalue weighted by atomic mass is 10.0. The topological polar surface area (TPSA) is 60.7 Å². The lowest BCUT2D eigenvalue weighted by molar-refractivity contribution is 0.114. The summed E-state index contributed by atoms with van der Waals surface area (Å²) in [5, 5.41) is 27.4. The van der Waals surface area contributed by atoms with Crippen LogP contribution in [0.5, 0.6) is 0 Å². The van der Waals surface area contributed by atoms with E-state index in [1.54, 1.807) is 6.92 Å². The molecule has 0 bridgehead atoms. The number of unbranched alkanes of at least 4 members (excludes halogenated alkanes) is 7. The molecule has 0 saturated carbocycles. The van der Waals surface area contributed by atoms with Crippen LogP contribution in [0.2, 0.25) is 0 Å². The number of aliphatic hydroxyl groups is 3. The van der Waals surface area contributed by atoms with Gasteiger partial charge < -0.3 is 15.3 Å². The Morgan fingerprint density at radius 2 is 1.17 bits per heavy atom. The van der Waals surface area contributed by atoms with Crippen molar-refractivity contribution in [1.82, 2.24) is 0 Å². The zero-order valence-electron chi connectivity index (χ0n) is 12.0. The van der Waals surface area contributed by atoms with Crippen LogP contribution in [-0.4, -0.2) is 34.1 Å². The molecule has 0 heterocycles. The molecule has 18 heavy (non-hydrogen) atoms. The molecule has 0 aromatic heterocycles. The second-order valence-corrected chi connectivity index (χ2v) is 5.42. The van der Waals surface area contributed by atoms with E-state index >= 15 is 0 Å². The highest BCUT2D eigenvalue weighted by molar-refractivity contribution is 4.59. The van der Waals surface area contributed by atoms with Crippen molar-refractivity contribution in [2.45, 2.75) is 89.8 Å². The van der Waals surface area contributed by atoms with Gasteiger partial charge in [-0.1, -0.05) is 44.9 Å². The lowest BCUT2D eigenvalue weighted by Crippen LogP contribution is -2.10. The second kappa shape index (κ2) is 13.3. The van der Waals surface area contributed by atoms with Crippen LogP contribution in [0.3, 0.4) is 0 Å². The molecule has 0 aliphatic rings. The first-order chi connectivity index (χ1) is 8.66. The van der Waals surface area contributed by atoms with Gasteiger partial charge in [-0.25, -0.2) is 0 Å². The number of rotatable bonds is 13. The fourth-order valence-electron chi connectivity index (χ4n) is 2.13. The van der Waals surface area contributed by atoms with Gasteiger partial charge in [0.15, 0.2) is 0 Å². The van der Waals surface area contributed by atoms with Crippen LogP contribution in [0, 0.1) is 0 Å². The van der Waals surface area contributed by atoms with E-state index in [-0.39, 0.29) is 12.2 Å². The first-order valence-corrected chi connectivity index (χ1v) is 7.63. The summed E-state index contributed by atoms with van der Waals surface area (Å²) in [7, 11) is 0. The van der Waals surface area contributed by atoms with Crippen LogP contribution in [0.4, 0.5) is 0 Å². The predicted molar refractivity (Wildman–Crippen MR) is 75.6 cm³/mol. The van der Waals surface area contributed by atoms with E-state index < -0.39 is 0 Å². The maximum atomic E-state index is 9.66. The zero-order chi connectivity index (χ0) is 13.6. The Hall–Kier alpha value is -0.120. The number of aliphatic hydroxyl groups excluding tert-OH is 3. The summed E-state index contributed by atoms with van der Waals surface area (Å²) in [4.78, 5) is 0. The van der Waals surface area contributed by atoms with Gasteiger partial charge in [0.2, 0.25) is 0 Å². The van der Waals surface area contributed by atoms with E-state index in [2.05, 4.69) is 0 Å². The summed E-state index contributed by atoms with van der Waals surface area (Å²) in [6.07, 6.45) is 11.2. The molecule has 3 nitrogen and oxygen atoms in total. The van der Waals surface area contributed by atoms with Crippen LogP contribution in [0.25, 0.3) is 0 Å². The van der Waals surface area contributed by atoms with Gasteiger partial charge in [-0.15, -0.1) is 0 Å². The van der Waals surface area contributed by atoms with E-state index in [1.165, 1.54) is 32.1 Å². The molecular weight excluding hydrogens is 228 g/mol. The average molecular weight is 260 g/mol. The maximum Gasteiger partial charge on any atom is 0.0541 e. The van der Waals surface area contributed by atoms with Gasteiger partial charge in [-0.3, -0.25) is 0 Å². The van der Waals surface area contributed by atoms with Gasteiger partial charge in [-0.2, -0.15) is 0 Å². The predicted octanol–water partition coefficient (Wildman–Crippen LogP) is 3.01. The molecule has 110 valence electrons. The number of hydrogen-bond acceptors (Lipinski definition) is 3. The van der Waals surface area contributed by atoms with Crippen molar-refractivity contribution < 1.29 is 15.3 Å². The van der Waals surface area contributed by atoms with Crippen LogP contribution in [0.1, 0.15) is 77.6 Å². The Bertz CT molecular complexity index is 160. The van der Waals surface area contributed by atoms with Crippen molar-refractivity contribution in [1.29, 1.82) is 0 Å². The summed E-state index contributed by atoms with van der Waals surface area (Å²) in [6.45, 7) is 2.09. The fourth-order valence-corrected chi connectivity index (χ4v) is 2.13. The van der Waals surface area contributed by atoms with Crippen molar-refractivity contribution in [2.24, 2.45) is 0 Å². The molecule has 2 atom stereocenters. The highest BCUT2D eigenvalue weighted by Crippen LogP contribution is 2.13. The first kappa shape index (κ1) is 17.9. The minimum Gasteiger partial charge on any atom is -0.396 e. The molecule has 3 N–H and O–H groups in total. The SMILES string of the molecule is CC(O)CCC(O)CCCCCCCCCCO. The van der Waals surface area contributed by atoms with E-state index in [0.29, 0.717) is 13.0 Å². The maximum absolute atomic E-state index is 9.66. The van der Waals surface area contributed by atoms with Crippen molar-refractivity contribution in [3.8, 4) is 0 Å². The number of hydrogen-bond donors (Lipinski definition) is 3. The summed E-state index contributed by atoms with van der Waals surface area (Å²) in [6, 6.07) is 0. The van der Waals surface area contributed by atoms with Crippen LogP contribution >= 0.6 is 0 Å². The molecule has 0 radical (unpaired) electrons. The minimum atomic E-state index is -0.293. The molecule has 0 aromatic carbocycles. The monoisotopic (exact) mass is 260 g/mol. The molecule has 0 rings (SSSR count). The van der Waals surface area contributed by atoms with Crippen molar-refractivity contribution in [3.63, 3.8) is 0 Å². The van der Waals surface area contributed by atoms with E-state index in [4.69, 9.17) is 10.2 Å². The van der Waals surface area contributed by atoms with Crippen LogP contribution in [0.15, 0.2) is 0 Å². The fraction of sp³-hybridized carbons (Fsp3) is 1.00. The van der Waals surface area contributed by atoms with Crippen LogP contribution in [-0.2, 0) is 0 Å². The molecule has 2 unspecified atom stereocenters. The second-order valence-electron chi connectivity index (χ2n) is 5.42. The first-order valence-electron chi connectivity index (χ1n) is 7.63. The van der Waals surface area contributed by atoms with Crippen molar-refractivity contribution in [3.05, 3.63) is 0 Å². The van der Waals surface area contributed by atoms with Gasteiger partial charge in [-0.05, 0) is 32.6 Å². The summed E-state index contributed by atoms with van der Waals surface area (Å²) < 4.78 is 0. The Balaban J connectivity index is 3.10. The molecular formula is C15H32O3. The summed E-state index contributed by atoms with van der Waals surface area (Å²) >= 11 is 0. The molecule has 0 aliphatic heterocycles. The largest absolute Gasteiger partial charge is 0.396 e. The average Bonchev–Trinajstić information content (AvgIpc) is 2.34. The molecule has 3 heteroatoms. The molecule has 0 fully saturated rings. The highest BCUT2D eigenvalue weighted by Gasteiger charge is 2.05.